The molecule has 2 nitrogen and oxygen atoms in total. The summed E-state index contributed by atoms with van der Waals surface area (Å²) in [5.74, 6) is 0. The Labute approximate surface area is 102 Å². The summed E-state index contributed by atoms with van der Waals surface area (Å²) in [7, 11) is -2.08. The summed E-state index contributed by atoms with van der Waals surface area (Å²) in [6, 6.07) is 1.92. The first kappa shape index (κ1) is 14.9. The summed E-state index contributed by atoms with van der Waals surface area (Å²) in [5.41, 5.74) is 0. The molecule has 14 heavy (non-hydrogen) atoms. The molecule has 2 atom stereocenters. The number of alkyl halides is 2. The van der Waals surface area contributed by atoms with Gasteiger partial charge in [0.25, 0.3) is 0 Å². The molecule has 0 heterocycles. The molecule has 0 N–H and O–H groups in total. The fraction of sp³-hybridized carbons (Fsp3) is 1.00. The van der Waals surface area contributed by atoms with Crippen LogP contribution in [0, 0.1) is 0 Å². The molecule has 0 aromatic carbocycles. The third-order valence-electron chi connectivity index (χ3n) is 1.94. The minimum Gasteiger partial charge on any atom is -0.394 e. The van der Waals surface area contributed by atoms with Crippen molar-refractivity contribution in [1.29, 1.82) is 0 Å². The van der Waals surface area contributed by atoms with Crippen LogP contribution >= 0.6 is 27.5 Å². The molecule has 0 aromatic heterocycles. The van der Waals surface area contributed by atoms with Crippen molar-refractivity contribution in [3.63, 3.8) is 0 Å². The lowest BCUT2D eigenvalue weighted by atomic mass is 10.6. The summed E-state index contributed by atoms with van der Waals surface area (Å²) in [4.78, 5) is 0. The van der Waals surface area contributed by atoms with Crippen LogP contribution in [0.4, 0.5) is 0 Å². The van der Waals surface area contributed by atoms with Crippen LogP contribution in [0.5, 0.6) is 0 Å². The Balaban J connectivity index is 4.48. The first-order valence-corrected chi connectivity index (χ1v) is 8.51. The van der Waals surface area contributed by atoms with Gasteiger partial charge in [-0.3, -0.25) is 0 Å². The van der Waals surface area contributed by atoms with Crippen molar-refractivity contribution >= 4 is 36.1 Å². The summed E-state index contributed by atoms with van der Waals surface area (Å²) < 4.78 is 10.9. The molecular weight excluding hydrogens is 284 g/mol. The largest absolute Gasteiger partial charge is 0.394 e. The highest BCUT2D eigenvalue weighted by Crippen LogP contribution is 2.33. The maximum Gasteiger partial charge on any atom is 0.339 e. The third-order valence-corrected chi connectivity index (χ3v) is 6.54. The predicted molar refractivity (Wildman–Crippen MR) is 67.2 cm³/mol. The Kier molecular flexibility index (Phi) is 6.90. The molecule has 0 fully saturated rings. The molecule has 0 radical (unpaired) electrons. The van der Waals surface area contributed by atoms with E-state index in [0.29, 0.717) is 6.61 Å². The Morgan fingerprint density at radius 2 is 1.93 bits per heavy atom. The molecular formula is C9H20BrClO2Si. The van der Waals surface area contributed by atoms with E-state index in [1.807, 2.05) is 6.92 Å². The number of rotatable bonds is 7. The number of halogens is 2. The summed E-state index contributed by atoms with van der Waals surface area (Å²) in [5, 5.41) is 0. The first-order valence-electron chi connectivity index (χ1n) is 5.11. The molecule has 5 heteroatoms. The highest BCUT2D eigenvalue weighted by atomic mass is 79.9. The standard InChI is InChI=1S/C9H20BrClO2Si/c1-5-8-14(7-3,12-6-2)13-9(4,10)11/h5-8H2,1-4H3. The Hall–Kier alpha value is 0.907. The van der Waals surface area contributed by atoms with Crippen molar-refractivity contribution in [2.24, 2.45) is 0 Å². The van der Waals surface area contributed by atoms with E-state index in [0.717, 1.165) is 18.5 Å². The summed E-state index contributed by atoms with van der Waals surface area (Å²) >= 11 is 9.31. The molecule has 0 aliphatic heterocycles. The van der Waals surface area contributed by atoms with Crippen molar-refractivity contribution in [2.75, 3.05) is 6.61 Å². The zero-order valence-corrected chi connectivity index (χ0v) is 12.7. The molecule has 0 bridgehead atoms. The lowest BCUT2D eigenvalue weighted by Gasteiger charge is -2.33. The van der Waals surface area contributed by atoms with Crippen LogP contribution < -0.4 is 0 Å². The van der Waals surface area contributed by atoms with Crippen LogP contribution in [-0.4, -0.2) is 19.1 Å². The van der Waals surface area contributed by atoms with E-state index in [1.54, 1.807) is 6.92 Å². The summed E-state index contributed by atoms with van der Waals surface area (Å²) in [6.07, 6.45) is 1.07. The van der Waals surface area contributed by atoms with Gasteiger partial charge in [0, 0.05) is 6.61 Å². The van der Waals surface area contributed by atoms with Crippen LogP contribution in [0.2, 0.25) is 12.1 Å². The minimum absolute atomic E-state index is 0.694. The van der Waals surface area contributed by atoms with Crippen LogP contribution in [0.3, 0.4) is 0 Å². The zero-order valence-electron chi connectivity index (χ0n) is 9.40. The zero-order chi connectivity index (χ0) is 11.2. The normalized spacial score (nSPS) is 20.1. The second kappa shape index (κ2) is 6.48. The fourth-order valence-electron chi connectivity index (χ4n) is 1.47. The van der Waals surface area contributed by atoms with Crippen molar-refractivity contribution in [3.05, 3.63) is 0 Å². The molecule has 0 saturated carbocycles. The highest BCUT2D eigenvalue weighted by Gasteiger charge is 2.39. The Morgan fingerprint density at radius 1 is 1.36 bits per heavy atom. The molecule has 86 valence electrons. The van der Waals surface area contributed by atoms with Gasteiger partial charge in [-0.2, -0.15) is 0 Å². The molecule has 0 aliphatic rings. The SMILES string of the molecule is CCC[Si](CC)(OCC)OC(C)(Cl)Br. The molecule has 2 unspecified atom stereocenters. The van der Waals surface area contributed by atoms with E-state index in [2.05, 4.69) is 29.8 Å². The lowest BCUT2D eigenvalue weighted by Crippen LogP contribution is -2.45. The Bertz CT molecular complexity index is 155. The predicted octanol–water partition coefficient (Wildman–Crippen LogP) is 4.22. The van der Waals surface area contributed by atoms with E-state index in [1.165, 1.54) is 0 Å². The van der Waals surface area contributed by atoms with Crippen LogP contribution in [0.25, 0.3) is 0 Å². The smallest absolute Gasteiger partial charge is 0.339 e. The fourth-order valence-corrected chi connectivity index (χ4v) is 5.73. The van der Waals surface area contributed by atoms with Crippen molar-refractivity contribution in [2.45, 2.75) is 50.2 Å². The molecule has 0 amide bonds. The number of hydrogen-bond donors (Lipinski definition) is 0. The maximum atomic E-state index is 6.02. The summed E-state index contributed by atoms with van der Waals surface area (Å²) in [6.45, 7) is 8.73. The van der Waals surface area contributed by atoms with Gasteiger partial charge in [0.1, 0.15) is 0 Å². The van der Waals surface area contributed by atoms with E-state index in [4.69, 9.17) is 20.5 Å². The van der Waals surface area contributed by atoms with Crippen molar-refractivity contribution < 1.29 is 8.85 Å². The van der Waals surface area contributed by atoms with Gasteiger partial charge < -0.3 is 8.85 Å². The molecule has 0 aromatic rings. The average Bonchev–Trinajstić information content (AvgIpc) is 2.02. The van der Waals surface area contributed by atoms with Crippen LogP contribution in [-0.2, 0) is 8.85 Å². The second-order valence-electron chi connectivity index (χ2n) is 3.36. The van der Waals surface area contributed by atoms with Gasteiger partial charge in [0.15, 0.2) is 3.97 Å². The van der Waals surface area contributed by atoms with E-state index in [-0.39, 0.29) is 0 Å². The molecule has 0 spiro atoms. The monoisotopic (exact) mass is 302 g/mol. The molecule has 0 aliphatic carbocycles. The van der Waals surface area contributed by atoms with Gasteiger partial charge >= 0.3 is 8.56 Å². The topological polar surface area (TPSA) is 18.5 Å². The molecule has 0 rings (SSSR count). The van der Waals surface area contributed by atoms with Gasteiger partial charge in [0.05, 0.1) is 0 Å². The number of hydrogen-bond acceptors (Lipinski definition) is 2. The van der Waals surface area contributed by atoms with Gasteiger partial charge in [-0.15, -0.1) is 0 Å². The highest BCUT2D eigenvalue weighted by molar-refractivity contribution is 9.10. The quantitative estimate of drug-likeness (QED) is 0.518. The average molecular weight is 304 g/mol. The van der Waals surface area contributed by atoms with Gasteiger partial charge in [0.2, 0.25) is 0 Å². The molecule has 0 saturated heterocycles. The second-order valence-corrected chi connectivity index (χ2v) is 9.57. The Morgan fingerprint density at radius 3 is 2.21 bits per heavy atom. The van der Waals surface area contributed by atoms with Crippen molar-refractivity contribution in [1.82, 2.24) is 0 Å². The van der Waals surface area contributed by atoms with Crippen molar-refractivity contribution in [3.8, 4) is 0 Å². The van der Waals surface area contributed by atoms with E-state index in [9.17, 15) is 0 Å². The van der Waals surface area contributed by atoms with E-state index >= 15 is 0 Å². The maximum absolute atomic E-state index is 6.02. The minimum atomic E-state index is -2.08. The van der Waals surface area contributed by atoms with Gasteiger partial charge in [-0.05, 0) is 41.9 Å². The van der Waals surface area contributed by atoms with Gasteiger partial charge in [-0.25, -0.2) is 0 Å². The van der Waals surface area contributed by atoms with Gasteiger partial charge in [-0.1, -0.05) is 31.9 Å². The van der Waals surface area contributed by atoms with Crippen LogP contribution in [0.1, 0.15) is 34.1 Å². The van der Waals surface area contributed by atoms with E-state index < -0.39 is 12.5 Å². The third kappa shape index (κ3) is 5.71. The first-order chi connectivity index (χ1) is 6.39. The lowest BCUT2D eigenvalue weighted by molar-refractivity contribution is 0.153. The van der Waals surface area contributed by atoms with Crippen LogP contribution in [0.15, 0.2) is 0 Å².